The largest absolute Gasteiger partial charge is 0.481 e. The van der Waals surface area contributed by atoms with Crippen LogP contribution in [0.1, 0.15) is 29.8 Å². The van der Waals surface area contributed by atoms with Crippen molar-refractivity contribution in [3.63, 3.8) is 0 Å². The van der Waals surface area contributed by atoms with Crippen molar-refractivity contribution in [1.82, 2.24) is 0 Å². The Morgan fingerprint density at radius 3 is 2.48 bits per heavy atom. The number of ether oxygens (including phenoxy) is 2. The third-order valence-corrected chi connectivity index (χ3v) is 4.11. The molecule has 2 aromatic carbocycles. The summed E-state index contributed by atoms with van der Waals surface area (Å²) in [6.45, 7) is 5.48. The lowest BCUT2D eigenvalue weighted by atomic mass is 10.1. The van der Waals surface area contributed by atoms with E-state index in [1.54, 1.807) is 51.1 Å². The molecular weight excluding hydrogens is 386 g/mol. The van der Waals surface area contributed by atoms with Crippen LogP contribution in [-0.4, -0.2) is 24.6 Å². The molecule has 132 valence electrons. The average Bonchev–Trinajstić information content (AvgIpc) is 2.58. The smallest absolute Gasteiger partial charge is 0.338 e. The molecule has 2 rings (SSSR count). The lowest BCUT2D eigenvalue weighted by molar-refractivity contribution is -0.122. The molecule has 0 spiro atoms. The molecule has 0 fully saturated rings. The van der Waals surface area contributed by atoms with Gasteiger partial charge in [0.2, 0.25) is 0 Å². The molecule has 0 saturated heterocycles. The average molecular weight is 406 g/mol. The fourth-order valence-corrected chi connectivity index (χ4v) is 2.47. The minimum absolute atomic E-state index is 0.299. The van der Waals surface area contributed by atoms with E-state index in [4.69, 9.17) is 9.47 Å². The van der Waals surface area contributed by atoms with Crippen molar-refractivity contribution in [2.24, 2.45) is 0 Å². The molecule has 0 bridgehead atoms. The lowest BCUT2D eigenvalue weighted by Gasteiger charge is -2.16. The monoisotopic (exact) mass is 405 g/mol. The maximum atomic E-state index is 12.4. The normalized spacial score (nSPS) is 11.5. The number of anilines is 1. The van der Waals surface area contributed by atoms with Crippen molar-refractivity contribution < 1.29 is 19.1 Å². The van der Waals surface area contributed by atoms with Crippen LogP contribution in [0, 0.1) is 6.92 Å². The minimum atomic E-state index is -0.688. The zero-order valence-corrected chi connectivity index (χ0v) is 15.9. The van der Waals surface area contributed by atoms with Gasteiger partial charge in [-0.3, -0.25) is 4.79 Å². The van der Waals surface area contributed by atoms with E-state index >= 15 is 0 Å². The topological polar surface area (TPSA) is 64.6 Å². The number of nitrogens with one attached hydrogen (secondary N) is 1. The molecule has 0 aliphatic heterocycles. The van der Waals surface area contributed by atoms with Gasteiger partial charge in [-0.05, 0) is 62.7 Å². The van der Waals surface area contributed by atoms with E-state index in [0.29, 0.717) is 29.2 Å². The Bertz CT molecular complexity index is 759. The van der Waals surface area contributed by atoms with Crippen LogP contribution in [0.4, 0.5) is 5.69 Å². The molecule has 1 atom stereocenters. The standard InChI is InChI=1S/C19H20BrNO4/c1-4-24-19(23)16-6-5-7-17(12(16)2)21-18(22)13(3)25-15-10-8-14(20)9-11-15/h5-11,13H,4H2,1-3H3,(H,21,22). The molecule has 2 aromatic rings. The fraction of sp³-hybridized carbons (Fsp3) is 0.263. The Hall–Kier alpha value is -2.34. The van der Waals surface area contributed by atoms with Crippen molar-refractivity contribution in [2.75, 3.05) is 11.9 Å². The molecular formula is C19H20BrNO4. The van der Waals surface area contributed by atoms with Gasteiger partial charge < -0.3 is 14.8 Å². The molecule has 6 heteroatoms. The van der Waals surface area contributed by atoms with E-state index in [-0.39, 0.29) is 5.91 Å². The van der Waals surface area contributed by atoms with E-state index in [9.17, 15) is 9.59 Å². The third kappa shape index (κ3) is 5.06. The van der Waals surface area contributed by atoms with Gasteiger partial charge in [-0.25, -0.2) is 4.79 Å². The van der Waals surface area contributed by atoms with Crippen molar-refractivity contribution in [2.45, 2.75) is 26.9 Å². The second-order valence-corrected chi connectivity index (χ2v) is 6.32. The highest BCUT2D eigenvalue weighted by molar-refractivity contribution is 9.10. The summed E-state index contributed by atoms with van der Waals surface area (Å²) in [4.78, 5) is 24.3. The van der Waals surface area contributed by atoms with Gasteiger partial charge in [0.1, 0.15) is 5.75 Å². The van der Waals surface area contributed by atoms with E-state index in [1.807, 2.05) is 12.1 Å². The predicted molar refractivity (Wildman–Crippen MR) is 100.0 cm³/mol. The Kier molecular flexibility index (Phi) is 6.58. The number of hydrogen-bond acceptors (Lipinski definition) is 4. The van der Waals surface area contributed by atoms with Crippen LogP contribution in [0.5, 0.6) is 5.75 Å². The summed E-state index contributed by atoms with van der Waals surface area (Å²) in [5.41, 5.74) is 1.65. The number of halogens is 1. The SMILES string of the molecule is CCOC(=O)c1cccc(NC(=O)C(C)Oc2ccc(Br)cc2)c1C. The molecule has 0 heterocycles. The molecule has 1 N–H and O–H groups in total. The summed E-state index contributed by atoms with van der Waals surface area (Å²) in [6.07, 6.45) is -0.688. The third-order valence-electron chi connectivity index (χ3n) is 3.58. The molecule has 0 aliphatic rings. The summed E-state index contributed by atoms with van der Waals surface area (Å²) in [5, 5.41) is 2.80. The zero-order chi connectivity index (χ0) is 18.4. The van der Waals surface area contributed by atoms with Crippen LogP contribution in [-0.2, 0) is 9.53 Å². The minimum Gasteiger partial charge on any atom is -0.481 e. The lowest BCUT2D eigenvalue weighted by Crippen LogP contribution is -2.30. The number of esters is 1. The van der Waals surface area contributed by atoms with Gasteiger partial charge in [-0.15, -0.1) is 0 Å². The molecule has 1 unspecified atom stereocenters. The second kappa shape index (κ2) is 8.67. The van der Waals surface area contributed by atoms with Crippen LogP contribution < -0.4 is 10.1 Å². The molecule has 5 nitrogen and oxygen atoms in total. The molecule has 0 aliphatic carbocycles. The molecule has 25 heavy (non-hydrogen) atoms. The summed E-state index contributed by atoms with van der Waals surface area (Å²) < 4.78 is 11.6. The van der Waals surface area contributed by atoms with Gasteiger partial charge in [-0.2, -0.15) is 0 Å². The predicted octanol–water partition coefficient (Wildman–Crippen LogP) is 4.34. The number of carbonyl (C=O) groups is 2. The van der Waals surface area contributed by atoms with Gasteiger partial charge >= 0.3 is 5.97 Å². The van der Waals surface area contributed by atoms with Gasteiger partial charge in [-0.1, -0.05) is 22.0 Å². The molecule has 0 radical (unpaired) electrons. The zero-order valence-electron chi connectivity index (χ0n) is 14.3. The van der Waals surface area contributed by atoms with E-state index in [2.05, 4.69) is 21.2 Å². The van der Waals surface area contributed by atoms with Crippen molar-refractivity contribution >= 4 is 33.5 Å². The number of benzene rings is 2. The highest BCUT2D eigenvalue weighted by Crippen LogP contribution is 2.21. The van der Waals surface area contributed by atoms with Gasteiger partial charge in [0.15, 0.2) is 6.10 Å². The van der Waals surface area contributed by atoms with Gasteiger partial charge in [0, 0.05) is 10.2 Å². The Balaban J connectivity index is 2.08. The summed E-state index contributed by atoms with van der Waals surface area (Å²) in [5.74, 6) is -0.106. The first-order valence-corrected chi connectivity index (χ1v) is 8.71. The van der Waals surface area contributed by atoms with E-state index in [0.717, 1.165) is 4.47 Å². The first kappa shape index (κ1) is 19.0. The number of carbonyl (C=O) groups excluding carboxylic acids is 2. The fourth-order valence-electron chi connectivity index (χ4n) is 2.21. The van der Waals surface area contributed by atoms with Crippen molar-refractivity contribution in [3.8, 4) is 5.75 Å². The van der Waals surface area contributed by atoms with Crippen molar-refractivity contribution in [3.05, 3.63) is 58.1 Å². The number of amides is 1. The Morgan fingerprint density at radius 1 is 1.16 bits per heavy atom. The summed E-state index contributed by atoms with van der Waals surface area (Å²) >= 11 is 3.35. The Morgan fingerprint density at radius 2 is 1.84 bits per heavy atom. The van der Waals surface area contributed by atoms with E-state index in [1.165, 1.54) is 0 Å². The van der Waals surface area contributed by atoms with Gasteiger partial charge in [0.05, 0.1) is 12.2 Å². The second-order valence-electron chi connectivity index (χ2n) is 5.40. The van der Waals surface area contributed by atoms with Crippen LogP contribution in [0.25, 0.3) is 0 Å². The summed E-state index contributed by atoms with van der Waals surface area (Å²) in [6, 6.07) is 12.4. The quantitative estimate of drug-likeness (QED) is 0.725. The summed E-state index contributed by atoms with van der Waals surface area (Å²) in [7, 11) is 0. The van der Waals surface area contributed by atoms with Gasteiger partial charge in [0.25, 0.3) is 5.91 Å². The van der Waals surface area contributed by atoms with Crippen LogP contribution in [0.3, 0.4) is 0 Å². The number of hydrogen-bond donors (Lipinski definition) is 1. The molecule has 0 aromatic heterocycles. The highest BCUT2D eigenvalue weighted by Gasteiger charge is 2.18. The van der Waals surface area contributed by atoms with Crippen LogP contribution >= 0.6 is 15.9 Å². The maximum Gasteiger partial charge on any atom is 0.338 e. The maximum absolute atomic E-state index is 12.4. The van der Waals surface area contributed by atoms with E-state index < -0.39 is 12.1 Å². The Labute approximate surface area is 155 Å². The first-order valence-electron chi connectivity index (χ1n) is 7.92. The van der Waals surface area contributed by atoms with Crippen LogP contribution in [0.2, 0.25) is 0 Å². The van der Waals surface area contributed by atoms with Crippen LogP contribution in [0.15, 0.2) is 46.9 Å². The van der Waals surface area contributed by atoms with Crippen molar-refractivity contribution in [1.29, 1.82) is 0 Å². The molecule has 0 saturated carbocycles. The first-order chi connectivity index (χ1) is 11.9. The molecule has 1 amide bonds. The highest BCUT2D eigenvalue weighted by atomic mass is 79.9. The number of rotatable bonds is 6.